The number of anilines is 2. The van der Waals surface area contributed by atoms with E-state index in [9.17, 15) is 9.59 Å². The van der Waals surface area contributed by atoms with Crippen LogP contribution in [-0.4, -0.2) is 57.1 Å². The summed E-state index contributed by atoms with van der Waals surface area (Å²) in [5.41, 5.74) is 4.24. The zero-order valence-electron chi connectivity index (χ0n) is 18.6. The van der Waals surface area contributed by atoms with Crippen LogP contribution in [0.5, 0.6) is 0 Å². The fourth-order valence-electron chi connectivity index (χ4n) is 3.37. The Balaban J connectivity index is 1.35. The second kappa shape index (κ2) is 10.4. The van der Waals surface area contributed by atoms with Crippen LogP contribution in [0, 0.1) is 0 Å². The number of fused-ring (bicyclic) bond motifs is 1. The smallest absolute Gasteiger partial charge is 0.407 e. The van der Waals surface area contributed by atoms with Crippen LogP contribution in [0.1, 0.15) is 16.8 Å². The van der Waals surface area contributed by atoms with Gasteiger partial charge in [0.2, 0.25) is 5.95 Å². The van der Waals surface area contributed by atoms with Crippen molar-refractivity contribution in [3.63, 3.8) is 0 Å². The number of carbonyl (C=O) groups excluding carboxylic acids is 1. The molecule has 0 atom stereocenters. The first-order chi connectivity index (χ1) is 16.5. The van der Waals surface area contributed by atoms with Crippen LogP contribution in [0.2, 0.25) is 0 Å². The van der Waals surface area contributed by atoms with E-state index < -0.39 is 6.09 Å². The lowest BCUT2D eigenvalue weighted by molar-refractivity contribution is 0.0952. The van der Waals surface area contributed by atoms with E-state index in [0.29, 0.717) is 31.0 Å². The van der Waals surface area contributed by atoms with Gasteiger partial charge in [-0.25, -0.2) is 14.8 Å². The van der Waals surface area contributed by atoms with Crippen molar-refractivity contribution < 1.29 is 14.7 Å². The predicted octanol–water partition coefficient (Wildman–Crippen LogP) is 4.17. The van der Waals surface area contributed by atoms with Crippen molar-refractivity contribution in [1.29, 1.82) is 0 Å². The number of nitrogens with one attached hydrogen (secondary N) is 2. The van der Waals surface area contributed by atoms with Crippen molar-refractivity contribution in [2.75, 3.05) is 25.5 Å². The van der Waals surface area contributed by atoms with Crippen molar-refractivity contribution in [3.05, 3.63) is 78.8 Å². The molecule has 0 aliphatic heterocycles. The standard InChI is InChI=1S/C25H24N6O3/c1-31(25(33)34)14-2-11-27-23(32)18-3-6-21(7-4-18)29-24-28-16-20-15-19(5-8-22(20)30-24)17-9-12-26-13-10-17/h3-10,12-13,15-16H,2,11,14H2,1H3,(H,27,32)(H,33,34)(H,28,29,30). The summed E-state index contributed by atoms with van der Waals surface area (Å²) in [5.74, 6) is 0.250. The Morgan fingerprint density at radius 3 is 2.50 bits per heavy atom. The van der Waals surface area contributed by atoms with E-state index in [0.717, 1.165) is 27.7 Å². The number of benzene rings is 2. The Hall–Kier alpha value is -4.53. The van der Waals surface area contributed by atoms with Crippen LogP contribution in [-0.2, 0) is 0 Å². The van der Waals surface area contributed by atoms with E-state index >= 15 is 0 Å². The Morgan fingerprint density at radius 1 is 1.00 bits per heavy atom. The van der Waals surface area contributed by atoms with Crippen LogP contribution >= 0.6 is 0 Å². The maximum Gasteiger partial charge on any atom is 0.407 e. The van der Waals surface area contributed by atoms with Crippen LogP contribution in [0.25, 0.3) is 22.0 Å². The SMILES string of the molecule is CN(CCCNC(=O)c1ccc(Nc2ncc3cc(-c4ccncc4)ccc3n2)cc1)C(=O)O. The molecule has 4 rings (SSSR count). The number of carbonyl (C=O) groups is 2. The molecule has 34 heavy (non-hydrogen) atoms. The molecule has 9 nitrogen and oxygen atoms in total. The van der Waals surface area contributed by atoms with Crippen LogP contribution in [0.15, 0.2) is 73.2 Å². The molecular weight excluding hydrogens is 432 g/mol. The fraction of sp³-hybridized carbons (Fsp3) is 0.160. The van der Waals surface area contributed by atoms with Crippen molar-refractivity contribution in [1.82, 2.24) is 25.2 Å². The lowest BCUT2D eigenvalue weighted by Crippen LogP contribution is -2.30. The number of carboxylic acid groups (broad SMARTS) is 1. The van der Waals surface area contributed by atoms with Gasteiger partial charge in [-0.2, -0.15) is 0 Å². The molecule has 4 aromatic rings. The van der Waals surface area contributed by atoms with E-state index in [-0.39, 0.29) is 5.91 Å². The first-order valence-electron chi connectivity index (χ1n) is 10.8. The van der Waals surface area contributed by atoms with Crippen LogP contribution in [0.4, 0.5) is 16.4 Å². The molecule has 0 aliphatic rings. The minimum absolute atomic E-state index is 0.212. The Morgan fingerprint density at radius 2 is 1.76 bits per heavy atom. The van der Waals surface area contributed by atoms with Gasteiger partial charge in [-0.15, -0.1) is 0 Å². The van der Waals surface area contributed by atoms with Gasteiger partial charge in [-0.05, 0) is 66.1 Å². The molecule has 0 fully saturated rings. The van der Waals surface area contributed by atoms with Gasteiger partial charge in [0.1, 0.15) is 0 Å². The Kier molecular flexibility index (Phi) is 6.92. The fourth-order valence-corrected chi connectivity index (χ4v) is 3.37. The van der Waals surface area contributed by atoms with Crippen LogP contribution in [0.3, 0.4) is 0 Å². The van der Waals surface area contributed by atoms with E-state index in [1.807, 2.05) is 30.3 Å². The Bertz CT molecular complexity index is 1300. The van der Waals surface area contributed by atoms with Gasteiger partial charge in [-0.1, -0.05) is 6.07 Å². The second-order valence-corrected chi connectivity index (χ2v) is 7.72. The molecule has 0 unspecified atom stereocenters. The summed E-state index contributed by atoms with van der Waals surface area (Å²) in [6.07, 6.45) is 4.86. The predicted molar refractivity (Wildman–Crippen MR) is 130 cm³/mol. The second-order valence-electron chi connectivity index (χ2n) is 7.72. The summed E-state index contributed by atoms with van der Waals surface area (Å²) in [5, 5.41) is 15.7. The zero-order valence-corrected chi connectivity index (χ0v) is 18.6. The molecule has 9 heteroatoms. The van der Waals surface area contributed by atoms with E-state index in [1.165, 1.54) is 11.9 Å². The summed E-state index contributed by atoms with van der Waals surface area (Å²) < 4.78 is 0. The largest absolute Gasteiger partial charge is 0.465 e. The average molecular weight is 457 g/mol. The first kappa shape index (κ1) is 22.7. The normalized spacial score (nSPS) is 10.6. The number of amides is 2. The highest BCUT2D eigenvalue weighted by molar-refractivity contribution is 5.94. The highest BCUT2D eigenvalue weighted by Gasteiger charge is 2.08. The van der Waals surface area contributed by atoms with Gasteiger partial charge in [-0.3, -0.25) is 9.78 Å². The average Bonchev–Trinajstić information content (AvgIpc) is 2.87. The Labute approximate surface area is 196 Å². The third-order valence-electron chi connectivity index (χ3n) is 5.28. The molecule has 0 saturated heterocycles. The van der Waals surface area contributed by atoms with Gasteiger partial charge < -0.3 is 20.6 Å². The topological polar surface area (TPSA) is 120 Å². The maximum atomic E-state index is 12.3. The van der Waals surface area contributed by atoms with Crippen molar-refractivity contribution in [3.8, 4) is 11.1 Å². The van der Waals surface area contributed by atoms with E-state index in [1.54, 1.807) is 42.9 Å². The maximum absolute atomic E-state index is 12.3. The van der Waals surface area contributed by atoms with Gasteiger partial charge in [0, 0.05) is 55.4 Å². The highest BCUT2D eigenvalue weighted by Crippen LogP contribution is 2.24. The minimum Gasteiger partial charge on any atom is -0.465 e. The molecule has 172 valence electrons. The highest BCUT2D eigenvalue weighted by atomic mass is 16.4. The third kappa shape index (κ3) is 5.63. The van der Waals surface area contributed by atoms with Crippen LogP contribution < -0.4 is 10.6 Å². The monoisotopic (exact) mass is 456 g/mol. The summed E-state index contributed by atoms with van der Waals surface area (Å²) in [6.45, 7) is 0.750. The van der Waals surface area contributed by atoms with Gasteiger partial charge in [0.15, 0.2) is 0 Å². The molecule has 2 heterocycles. The molecule has 2 aromatic heterocycles. The molecule has 2 amide bonds. The molecule has 0 spiro atoms. The molecule has 3 N–H and O–H groups in total. The summed E-state index contributed by atoms with van der Waals surface area (Å²) in [4.78, 5) is 37.3. The first-order valence-corrected chi connectivity index (χ1v) is 10.8. The third-order valence-corrected chi connectivity index (χ3v) is 5.28. The number of rotatable bonds is 8. The van der Waals surface area contributed by atoms with Gasteiger partial charge >= 0.3 is 6.09 Å². The van der Waals surface area contributed by atoms with Gasteiger partial charge in [0.05, 0.1) is 5.52 Å². The van der Waals surface area contributed by atoms with E-state index in [2.05, 4.69) is 25.6 Å². The number of nitrogens with zero attached hydrogens (tertiary/aromatic N) is 4. The number of pyridine rings is 1. The van der Waals surface area contributed by atoms with Crippen molar-refractivity contribution in [2.45, 2.75) is 6.42 Å². The lowest BCUT2D eigenvalue weighted by Gasteiger charge is -2.12. The summed E-state index contributed by atoms with van der Waals surface area (Å²) in [7, 11) is 1.50. The minimum atomic E-state index is -0.987. The number of aromatic nitrogens is 3. The molecule has 0 radical (unpaired) electrons. The van der Waals surface area contributed by atoms with E-state index in [4.69, 9.17) is 5.11 Å². The summed E-state index contributed by atoms with van der Waals surface area (Å²) >= 11 is 0. The molecule has 2 aromatic carbocycles. The quantitative estimate of drug-likeness (QED) is 0.340. The molecular formula is C25H24N6O3. The molecule has 0 aliphatic carbocycles. The lowest BCUT2D eigenvalue weighted by atomic mass is 10.1. The van der Waals surface area contributed by atoms with Crippen molar-refractivity contribution >= 4 is 34.5 Å². The zero-order chi connectivity index (χ0) is 23.9. The van der Waals surface area contributed by atoms with Crippen molar-refractivity contribution in [2.24, 2.45) is 0 Å². The molecule has 0 bridgehead atoms. The van der Waals surface area contributed by atoms with Gasteiger partial charge in [0.25, 0.3) is 5.91 Å². The number of hydrogen-bond acceptors (Lipinski definition) is 6. The number of hydrogen-bond donors (Lipinski definition) is 3. The molecule has 0 saturated carbocycles. The summed E-state index contributed by atoms with van der Waals surface area (Å²) in [6, 6.07) is 16.9.